The van der Waals surface area contributed by atoms with E-state index in [0.29, 0.717) is 5.75 Å². The normalized spacial score (nSPS) is 10.2. The van der Waals surface area contributed by atoms with Crippen LogP contribution in [0.2, 0.25) is 0 Å². The quantitative estimate of drug-likeness (QED) is 0.854. The third kappa shape index (κ3) is 2.18. The van der Waals surface area contributed by atoms with Crippen LogP contribution in [-0.4, -0.2) is 25.2 Å². The second-order valence-corrected chi connectivity index (χ2v) is 3.51. The maximum Gasteiger partial charge on any atom is 0.407 e. The van der Waals surface area contributed by atoms with Gasteiger partial charge in [-0.3, -0.25) is 0 Å². The van der Waals surface area contributed by atoms with Crippen LogP contribution in [0.4, 0.5) is 4.79 Å². The largest absolute Gasteiger partial charge is 0.496 e. The molecule has 0 aliphatic rings. The van der Waals surface area contributed by atoms with Crippen molar-refractivity contribution < 1.29 is 14.3 Å². The lowest BCUT2D eigenvalue weighted by molar-refractivity contribution is 0.141. The van der Waals surface area contributed by atoms with Gasteiger partial charge in [0.25, 0.3) is 0 Å². The SMILES string of the molecule is CNC(=O)OCc1c(OC)ccc2[nH]ccc12. The minimum absolute atomic E-state index is 0.179. The van der Waals surface area contributed by atoms with E-state index >= 15 is 0 Å². The molecule has 0 aliphatic heterocycles. The molecule has 5 nitrogen and oxygen atoms in total. The number of aromatic nitrogens is 1. The summed E-state index contributed by atoms with van der Waals surface area (Å²) in [5, 5.41) is 3.40. The first-order valence-corrected chi connectivity index (χ1v) is 5.23. The average molecular weight is 234 g/mol. The third-order valence-electron chi connectivity index (χ3n) is 2.57. The zero-order valence-corrected chi connectivity index (χ0v) is 9.74. The Morgan fingerprint density at radius 3 is 2.94 bits per heavy atom. The zero-order valence-electron chi connectivity index (χ0n) is 9.74. The number of alkyl carbamates (subject to hydrolysis) is 1. The van der Waals surface area contributed by atoms with Gasteiger partial charge in [-0.05, 0) is 18.2 Å². The number of amides is 1. The number of carbonyl (C=O) groups excluding carboxylic acids is 1. The summed E-state index contributed by atoms with van der Waals surface area (Å²) in [4.78, 5) is 14.2. The van der Waals surface area contributed by atoms with Gasteiger partial charge in [-0.25, -0.2) is 4.79 Å². The Morgan fingerprint density at radius 2 is 2.24 bits per heavy atom. The molecule has 1 heterocycles. The number of carbonyl (C=O) groups is 1. The molecule has 0 atom stereocenters. The number of hydrogen-bond acceptors (Lipinski definition) is 3. The highest BCUT2D eigenvalue weighted by molar-refractivity contribution is 5.85. The lowest BCUT2D eigenvalue weighted by atomic mass is 10.1. The van der Waals surface area contributed by atoms with Crippen molar-refractivity contribution in [3.8, 4) is 5.75 Å². The van der Waals surface area contributed by atoms with Crippen LogP contribution in [-0.2, 0) is 11.3 Å². The first-order chi connectivity index (χ1) is 8.26. The van der Waals surface area contributed by atoms with Crippen molar-refractivity contribution >= 4 is 17.0 Å². The Bertz CT molecular complexity index is 534. The van der Waals surface area contributed by atoms with Gasteiger partial charge in [-0.1, -0.05) is 0 Å². The number of H-pyrrole nitrogens is 1. The highest BCUT2D eigenvalue weighted by Crippen LogP contribution is 2.27. The zero-order chi connectivity index (χ0) is 12.3. The van der Waals surface area contributed by atoms with Crippen molar-refractivity contribution in [3.05, 3.63) is 30.0 Å². The lowest BCUT2D eigenvalue weighted by Crippen LogP contribution is -2.19. The van der Waals surface area contributed by atoms with Crippen LogP contribution in [0.25, 0.3) is 10.9 Å². The van der Waals surface area contributed by atoms with E-state index in [-0.39, 0.29) is 6.61 Å². The highest BCUT2D eigenvalue weighted by Gasteiger charge is 2.11. The topological polar surface area (TPSA) is 63.4 Å². The summed E-state index contributed by atoms with van der Waals surface area (Å²) in [6.45, 7) is 0.179. The fourth-order valence-corrected chi connectivity index (χ4v) is 1.73. The fourth-order valence-electron chi connectivity index (χ4n) is 1.73. The molecule has 0 aliphatic carbocycles. The molecule has 1 aromatic heterocycles. The van der Waals surface area contributed by atoms with E-state index in [0.717, 1.165) is 16.5 Å². The van der Waals surface area contributed by atoms with E-state index in [9.17, 15) is 4.79 Å². The molecule has 0 spiro atoms. The fraction of sp³-hybridized carbons (Fsp3) is 0.250. The number of methoxy groups -OCH3 is 1. The number of ether oxygens (including phenoxy) is 2. The number of fused-ring (bicyclic) bond motifs is 1. The molecule has 0 fully saturated rings. The minimum atomic E-state index is -0.459. The van der Waals surface area contributed by atoms with E-state index in [4.69, 9.17) is 9.47 Å². The number of benzene rings is 1. The van der Waals surface area contributed by atoms with Crippen molar-refractivity contribution in [1.82, 2.24) is 10.3 Å². The van der Waals surface area contributed by atoms with Crippen LogP contribution >= 0.6 is 0 Å². The smallest absolute Gasteiger partial charge is 0.407 e. The summed E-state index contributed by atoms with van der Waals surface area (Å²) in [5.74, 6) is 0.709. The van der Waals surface area contributed by atoms with Crippen molar-refractivity contribution in [1.29, 1.82) is 0 Å². The van der Waals surface area contributed by atoms with E-state index < -0.39 is 6.09 Å². The molecule has 2 N–H and O–H groups in total. The van der Waals surface area contributed by atoms with Crippen molar-refractivity contribution in [3.63, 3.8) is 0 Å². The van der Waals surface area contributed by atoms with Gasteiger partial charge in [0.1, 0.15) is 12.4 Å². The number of rotatable bonds is 3. The van der Waals surface area contributed by atoms with Gasteiger partial charge in [-0.2, -0.15) is 0 Å². The van der Waals surface area contributed by atoms with E-state index in [1.807, 2.05) is 24.4 Å². The summed E-state index contributed by atoms with van der Waals surface area (Å²) in [6, 6.07) is 5.71. The van der Waals surface area contributed by atoms with Crippen LogP contribution in [0.5, 0.6) is 5.75 Å². The van der Waals surface area contributed by atoms with Crippen LogP contribution in [0.3, 0.4) is 0 Å². The molecule has 5 heteroatoms. The molecule has 0 unspecified atom stereocenters. The van der Waals surface area contributed by atoms with Gasteiger partial charge >= 0.3 is 6.09 Å². The van der Waals surface area contributed by atoms with Crippen LogP contribution < -0.4 is 10.1 Å². The predicted molar refractivity (Wildman–Crippen MR) is 64.1 cm³/mol. The Labute approximate surface area is 98.7 Å². The van der Waals surface area contributed by atoms with E-state index in [1.54, 1.807) is 7.11 Å². The predicted octanol–water partition coefficient (Wildman–Crippen LogP) is 2.03. The van der Waals surface area contributed by atoms with E-state index in [1.165, 1.54) is 7.05 Å². The first kappa shape index (κ1) is 11.3. The Kier molecular flexibility index (Phi) is 3.18. The van der Waals surface area contributed by atoms with Crippen LogP contribution in [0.1, 0.15) is 5.56 Å². The van der Waals surface area contributed by atoms with Gasteiger partial charge in [0.2, 0.25) is 0 Å². The average Bonchev–Trinajstić information content (AvgIpc) is 2.83. The molecule has 1 amide bonds. The van der Waals surface area contributed by atoms with Crippen LogP contribution in [0.15, 0.2) is 24.4 Å². The summed E-state index contributed by atoms with van der Waals surface area (Å²) in [7, 11) is 3.12. The van der Waals surface area contributed by atoms with E-state index in [2.05, 4.69) is 10.3 Å². The number of aromatic amines is 1. The third-order valence-corrected chi connectivity index (χ3v) is 2.57. The van der Waals surface area contributed by atoms with Gasteiger partial charge in [-0.15, -0.1) is 0 Å². The first-order valence-electron chi connectivity index (χ1n) is 5.23. The molecule has 90 valence electrons. The lowest BCUT2D eigenvalue weighted by Gasteiger charge is -2.10. The monoisotopic (exact) mass is 234 g/mol. The molecule has 0 saturated carbocycles. The van der Waals surface area contributed by atoms with Gasteiger partial charge in [0, 0.05) is 29.7 Å². The standard InChI is InChI=1S/C12H14N2O3/c1-13-12(15)17-7-9-8-5-6-14-10(8)3-4-11(9)16-2/h3-6,14H,7H2,1-2H3,(H,13,15). The Morgan fingerprint density at radius 1 is 1.41 bits per heavy atom. The summed E-state index contributed by atoms with van der Waals surface area (Å²) in [5.41, 5.74) is 1.84. The molecule has 0 saturated heterocycles. The van der Waals surface area contributed by atoms with Gasteiger partial charge in [0.15, 0.2) is 0 Å². The highest BCUT2D eigenvalue weighted by atomic mass is 16.5. The molecular formula is C12H14N2O3. The molecule has 2 rings (SSSR count). The molecule has 1 aromatic carbocycles. The van der Waals surface area contributed by atoms with Crippen molar-refractivity contribution in [2.24, 2.45) is 0 Å². The molecule has 2 aromatic rings. The summed E-state index contributed by atoms with van der Waals surface area (Å²) < 4.78 is 10.3. The van der Waals surface area contributed by atoms with Crippen molar-refractivity contribution in [2.45, 2.75) is 6.61 Å². The summed E-state index contributed by atoms with van der Waals surface area (Å²) >= 11 is 0. The van der Waals surface area contributed by atoms with Gasteiger partial charge in [0.05, 0.1) is 7.11 Å². The maximum atomic E-state index is 11.1. The van der Waals surface area contributed by atoms with Crippen LogP contribution in [0, 0.1) is 0 Å². The number of hydrogen-bond donors (Lipinski definition) is 2. The molecule has 17 heavy (non-hydrogen) atoms. The molecular weight excluding hydrogens is 220 g/mol. The molecule has 0 bridgehead atoms. The molecule has 0 radical (unpaired) electrons. The maximum absolute atomic E-state index is 11.1. The second kappa shape index (κ2) is 4.78. The minimum Gasteiger partial charge on any atom is -0.496 e. The number of nitrogens with one attached hydrogen (secondary N) is 2. The van der Waals surface area contributed by atoms with Gasteiger partial charge < -0.3 is 19.8 Å². The second-order valence-electron chi connectivity index (χ2n) is 3.51. The Balaban J connectivity index is 2.34. The summed E-state index contributed by atoms with van der Waals surface area (Å²) in [6.07, 6.45) is 1.38. The Hall–Kier alpha value is -2.17. The van der Waals surface area contributed by atoms with Crippen molar-refractivity contribution in [2.75, 3.05) is 14.2 Å².